The average Bonchev–Trinajstić information content (AvgIpc) is 3.15. The summed E-state index contributed by atoms with van der Waals surface area (Å²) in [6.45, 7) is 3.75. The van der Waals surface area contributed by atoms with E-state index >= 15 is 0 Å². The second-order valence-corrected chi connectivity index (χ2v) is 8.18. The number of carbonyl (C=O) groups is 1. The molecule has 0 saturated heterocycles. The van der Waals surface area contributed by atoms with Crippen molar-refractivity contribution in [3.63, 3.8) is 0 Å². The Bertz CT molecular complexity index is 1150. The van der Waals surface area contributed by atoms with Crippen LogP contribution in [0.3, 0.4) is 0 Å². The summed E-state index contributed by atoms with van der Waals surface area (Å²) in [5, 5.41) is 4.52. The van der Waals surface area contributed by atoms with Crippen molar-refractivity contribution < 1.29 is 9.53 Å². The number of nitrogens with zero attached hydrogens (tertiary/aromatic N) is 1. The molecule has 29 heavy (non-hydrogen) atoms. The standard InChI is InChI=1S/C23H19ClN2O2S/c1-14-10-18(11-15(2)22(14)24)28-13-21(27)25-17-7-5-6-16(12-17)23-26-19-8-3-4-9-20(19)29-23/h3-12H,13H2,1-2H3,(H,25,27). The first-order valence-corrected chi connectivity index (χ1v) is 10.3. The minimum Gasteiger partial charge on any atom is -0.484 e. The lowest BCUT2D eigenvalue weighted by molar-refractivity contribution is -0.118. The molecular formula is C23H19ClN2O2S. The highest BCUT2D eigenvalue weighted by atomic mass is 35.5. The van der Waals surface area contributed by atoms with Crippen LogP contribution in [-0.4, -0.2) is 17.5 Å². The van der Waals surface area contributed by atoms with Crippen LogP contribution in [0.25, 0.3) is 20.8 Å². The Labute approximate surface area is 178 Å². The molecule has 1 aromatic heterocycles. The van der Waals surface area contributed by atoms with Crippen molar-refractivity contribution in [1.29, 1.82) is 0 Å². The van der Waals surface area contributed by atoms with E-state index in [9.17, 15) is 4.79 Å². The predicted molar refractivity (Wildman–Crippen MR) is 120 cm³/mol. The molecule has 0 aliphatic rings. The number of rotatable bonds is 5. The van der Waals surface area contributed by atoms with Crippen LogP contribution in [-0.2, 0) is 4.79 Å². The molecule has 3 aromatic carbocycles. The van der Waals surface area contributed by atoms with Crippen LogP contribution in [0.4, 0.5) is 5.69 Å². The number of anilines is 1. The Morgan fingerprint density at radius 2 is 1.83 bits per heavy atom. The fourth-order valence-corrected chi connectivity index (χ4v) is 4.13. The third-order valence-corrected chi connectivity index (χ3v) is 6.15. The number of aryl methyl sites for hydroxylation is 2. The van der Waals surface area contributed by atoms with E-state index in [4.69, 9.17) is 16.3 Å². The van der Waals surface area contributed by atoms with Crippen molar-refractivity contribution in [2.24, 2.45) is 0 Å². The number of halogens is 1. The van der Waals surface area contributed by atoms with Gasteiger partial charge in [0.25, 0.3) is 5.91 Å². The minimum atomic E-state index is -0.225. The van der Waals surface area contributed by atoms with Gasteiger partial charge in [0.1, 0.15) is 10.8 Å². The molecule has 4 aromatic rings. The molecule has 0 aliphatic heterocycles. The van der Waals surface area contributed by atoms with Gasteiger partial charge in [0.2, 0.25) is 0 Å². The van der Waals surface area contributed by atoms with Gasteiger partial charge in [-0.3, -0.25) is 4.79 Å². The van der Waals surface area contributed by atoms with Crippen LogP contribution in [0.15, 0.2) is 60.7 Å². The third kappa shape index (κ3) is 4.42. The zero-order chi connectivity index (χ0) is 20.4. The smallest absolute Gasteiger partial charge is 0.262 e. The summed E-state index contributed by atoms with van der Waals surface area (Å²) in [7, 11) is 0. The second kappa shape index (κ2) is 8.23. The molecule has 0 bridgehead atoms. The number of hydrogen-bond acceptors (Lipinski definition) is 4. The van der Waals surface area contributed by atoms with Crippen LogP contribution >= 0.6 is 22.9 Å². The van der Waals surface area contributed by atoms with Crippen LogP contribution < -0.4 is 10.1 Å². The fraction of sp³-hybridized carbons (Fsp3) is 0.130. The van der Waals surface area contributed by atoms with Crippen LogP contribution in [0.1, 0.15) is 11.1 Å². The van der Waals surface area contributed by atoms with Crippen LogP contribution in [0, 0.1) is 13.8 Å². The minimum absolute atomic E-state index is 0.0775. The zero-order valence-corrected chi connectivity index (χ0v) is 17.6. The lowest BCUT2D eigenvalue weighted by atomic mass is 10.1. The summed E-state index contributed by atoms with van der Waals surface area (Å²) in [6, 6.07) is 19.4. The lowest BCUT2D eigenvalue weighted by Crippen LogP contribution is -2.20. The maximum atomic E-state index is 12.3. The summed E-state index contributed by atoms with van der Waals surface area (Å²) in [5.41, 5.74) is 4.49. The number of aromatic nitrogens is 1. The molecule has 0 aliphatic carbocycles. The van der Waals surface area contributed by atoms with Crippen molar-refractivity contribution in [3.8, 4) is 16.3 Å². The number of benzene rings is 3. The van der Waals surface area contributed by atoms with E-state index in [2.05, 4.69) is 16.4 Å². The van der Waals surface area contributed by atoms with Gasteiger partial charge >= 0.3 is 0 Å². The van der Waals surface area contributed by atoms with Crippen molar-refractivity contribution in [2.75, 3.05) is 11.9 Å². The summed E-state index contributed by atoms with van der Waals surface area (Å²) in [4.78, 5) is 17.0. The predicted octanol–water partition coefficient (Wildman–Crippen LogP) is 6.25. The van der Waals surface area contributed by atoms with E-state index in [1.807, 2.05) is 68.4 Å². The topological polar surface area (TPSA) is 51.2 Å². The van der Waals surface area contributed by atoms with Gasteiger partial charge in [0.05, 0.1) is 10.2 Å². The number of thiazole rings is 1. The molecule has 0 radical (unpaired) electrons. The molecular weight excluding hydrogens is 404 g/mol. The summed E-state index contributed by atoms with van der Waals surface area (Å²) in [6.07, 6.45) is 0. The van der Waals surface area contributed by atoms with E-state index in [1.165, 1.54) is 0 Å². The van der Waals surface area contributed by atoms with Crippen molar-refractivity contribution in [2.45, 2.75) is 13.8 Å². The van der Waals surface area contributed by atoms with Crippen molar-refractivity contribution in [3.05, 3.63) is 76.8 Å². The Kier molecular flexibility index (Phi) is 5.51. The highest BCUT2D eigenvalue weighted by Crippen LogP contribution is 2.31. The largest absolute Gasteiger partial charge is 0.484 e. The molecule has 146 valence electrons. The summed E-state index contributed by atoms with van der Waals surface area (Å²) >= 11 is 7.80. The van der Waals surface area contributed by atoms with Gasteiger partial charge in [0.15, 0.2) is 6.61 Å². The number of nitrogens with one attached hydrogen (secondary N) is 1. The lowest BCUT2D eigenvalue weighted by Gasteiger charge is -2.10. The van der Waals surface area contributed by atoms with Gasteiger partial charge in [-0.25, -0.2) is 4.98 Å². The molecule has 1 heterocycles. The number of hydrogen-bond donors (Lipinski definition) is 1. The third-order valence-electron chi connectivity index (χ3n) is 4.47. The highest BCUT2D eigenvalue weighted by molar-refractivity contribution is 7.21. The normalized spacial score (nSPS) is 10.9. The average molecular weight is 423 g/mol. The Morgan fingerprint density at radius 3 is 2.59 bits per heavy atom. The molecule has 0 saturated carbocycles. The Morgan fingerprint density at radius 1 is 1.07 bits per heavy atom. The second-order valence-electron chi connectivity index (χ2n) is 6.78. The number of fused-ring (bicyclic) bond motifs is 1. The van der Waals surface area contributed by atoms with Gasteiger partial charge in [-0.05, 0) is 61.4 Å². The summed E-state index contributed by atoms with van der Waals surface area (Å²) in [5.74, 6) is 0.402. The molecule has 4 rings (SSSR count). The molecule has 6 heteroatoms. The zero-order valence-electron chi connectivity index (χ0n) is 16.0. The summed E-state index contributed by atoms with van der Waals surface area (Å²) < 4.78 is 6.77. The van der Waals surface area contributed by atoms with Gasteiger partial charge in [0, 0.05) is 16.3 Å². The first-order chi connectivity index (χ1) is 14.0. The maximum absolute atomic E-state index is 12.3. The number of amides is 1. The molecule has 1 N–H and O–H groups in total. The van der Waals surface area contributed by atoms with Gasteiger partial charge < -0.3 is 10.1 Å². The number of carbonyl (C=O) groups excluding carboxylic acids is 1. The molecule has 0 atom stereocenters. The van der Waals surface area contributed by atoms with Gasteiger partial charge in [-0.15, -0.1) is 11.3 Å². The number of para-hydroxylation sites is 1. The van der Waals surface area contributed by atoms with Gasteiger partial charge in [-0.1, -0.05) is 35.9 Å². The highest BCUT2D eigenvalue weighted by Gasteiger charge is 2.10. The molecule has 1 amide bonds. The Balaban J connectivity index is 1.44. The van der Waals surface area contributed by atoms with Gasteiger partial charge in [-0.2, -0.15) is 0 Å². The van der Waals surface area contributed by atoms with E-state index in [-0.39, 0.29) is 12.5 Å². The Hall–Kier alpha value is -2.89. The fourth-order valence-electron chi connectivity index (χ4n) is 3.06. The quantitative estimate of drug-likeness (QED) is 0.413. The van der Waals surface area contributed by atoms with E-state index in [0.29, 0.717) is 16.5 Å². The molecule has 0 unspecified atom stereocenters. The molecule has 0 fully saturated rings. The van der Waals surface area contributed by atoms with Crippen LogP contribution in [0.5, 0.6) is 5.75 Å². The first-order valence-electron chi connectivity index (χ1n) is 9.15. The van der Waals surface area contributed by atoms with Crippen molar-refractivity contribution >= 4 is 44.7 Å². The van der Waals surface area contributed by atoms with Crippen LogP contribution in [0.2, 0.25) is 5.02 Å². The molecule has 4 nitrogen and oxygen atoms in total. The maximum Gasteiger partial charge on any atom is 0.262 e. The molecule has 0 spiro atoms. The van der Waals surface area contributed by atoms with E-state index < -0.39 is 0 Å². The SMILES string of the molecule is Cc1cc(OCC(=O)Nc2cccc(-c3nc4ccccc4s3)c2)cc(C)c1Cl. The van der Waals surface area contributed by atoms with E-state index in [1.54, 1.807) is 11.3 Å². The first kappa shape index (κ1) is 19.4. The van der Waals surface area contributed by atoms with E-state index in [0.717, 1.165) is 31.9 Å². The van der Waals surface area contributed by atoms with Crippen molar-refractivity contribution in [1.82, 2.24) is 4.98 Å². The monoisotopic (exact) mass is 422 g/mol. The number of ether oxygens (including phenoxy) is 1.